The van der Waals surface area contributed by atoms with E-state index < -0.39 is 4.92 Å². The topological polar surface area (TPSA) is 73.0 Å². The van der Waals surface area contributed by atoms with E-state index in [1.165, 1.54) is 6.07 Å². The highest BCUT2D eigenvalue weighted by molar-refractivity contribution is 6.32. The molecule has 0 saturated carbocycles. The van der Waals surface area contributed by atoms with Gasteiger partial charge in [0.15, 0.2) is 0 Å². The van der Waals surface area contributed by atoms with Crippen molar-refractivity contribution in [1.29, 1.82) is 0 Å². The Morgan fingerprint density at radius 2 is 2.20 bits per heavy atom. The van der Waals surface area contributed by atoms with Crippen molar-refractivity contribution < 1.29 is 4.92 Å². The van der Waals surface area contributed by atoms with Gasteiger partial charge in [0.05, 0.1) is 11.1 Å². The van der Waals surface area contributed by atoms with Gasteiger partial charge in [-0.05, 0) is 18.6 Å². The second-order valence-corrected chi connectivity index (χ2v) is 4.93. The van der Waals surface area contributed by atoms with Crippen LogP contribution in [-0.4, -0.2) is 14.7 Å². The predicted molar refractivity (Wildman–Crippen MR) is 76.6 cm³/mol. The molecule has 1 aromatic heterocycles. The average molecular weight is 295 g/mol. The number of benzene rings is 1. The van der Waals surface area contributed by atoms with Gasteiger partial charge in [0, 0.05) is 37.5 Å². The van der Waals surface area contributed by atoms with Gasteiger partial charge in [-0.15, -0.1) is 0 Å². The van der Waals surface area contributed by atoms with Gasteiger partial charge in [-0.3, -0.25) is 14.8 Å². The molecule has 0 spiro atoms. The molecule has 1 N–H and O–H groups in total. The average Bonchev–Trinajstić information content (AvgIpc) is 2.72. The Hall–Kier alpha value is -1.92. The minimum Gasteiger partial charge on any atom is -0.308 e. The monoisotopic (exact) mass is 294 g/mol. The van der Waals surface area contributed by atoms with Crippen molar-refractivity contribution in [3.05, 3.63) is 56.4 Å². The highest BCUT2D eigenvalue weighted by Crippen LogP contribution is 2.24. The summed E-state index contributed by atoms with van der Waals surface area (Å²) in [5, 5.41) is 18.4. The Balaban J connectivity index is 1.99. The van der Waals surface area contributed by atoms with Crippen LogP contribution in [-0.2, 0) is 20.1 Å². The standard InChI is InChI=1S/C13H15ClN4O2/c1-9-11(8-16-17(9)2)7-15-6-10-3-4-12(14)13(5-10)18(19)20/h3-5,8,15H,6-7H2,1-2H3. The summed E-state index contributed by atoms with van der Waals surface area (Å²) >= 11 is 5.77. The fourth-order valence-corrected chi connectivity index (χ4v) is 2.05. The third-order valence-electron chi connectivity index (χ3n) is 3.19. The summed E-state index contributed by atoms with van der Waals surface area (Å²) in [7, 11) is 1.89. The maximum Gasteiger partial charge on any atom is 0.288 e. The molecule has 0 aliphatic rings. The van der Waals surface area contributed by atoms with Crippen LogP contribution >= 0.6 is 11.6 Å². The van der Waals surface area contributed by atoms with E-state index in [1.54, 1.807) is 12.1 Å². The second kappa shape index (κ2) is 6.02. The summed E-state index contributed by atoms with van der Waals surface area (Å²) in [6.07, 6.45) is 1.81. The van der Waals surface area contributed by atoms with E-state index >= 15 is 0 Å². The van der Waals surface area contributed by atoms with Crippen LogP contribution in [0.15, 0.2) is 24.4 Å². The number of nitrogens with one attached hydrogen (secondary N) is 1. The van der Waals surface area contributed by atoms with E-state index in [-0.39, 0.29) is 10.7 Å². The van der Waals surface area contributed by atoms with Crippen molar-refractivity contribution in [2.75, 3.05) is 0 Å². The summed E-state index contributed by atoms with van der Waals surface area (Å²) in [5.41, 5.74) is 2.96. The molecule has 7 heteroatoms. The first-order valence-corrected chi connectivity index (χ1v) is 6.48. The summed E-state index contributed by atoms with van der Waals surface area (Å²) in [5.74, 6) is 0. The maximum atomic E-state index is 10.8. The summed E-state index contributed by atoms with van der Waals surface area (Å²) < 4.78 is 1.81. The minimum absolute atomic E-state index is 0.0662. The van der Waals surface area contributed by atoms with E-state index in [9.17, 15) is 10.1 Å². The Morgan fingerprint density at radius 3 is 2.80 bits per heavy atom. The van der Waals surface area contributed by atoms with Crippen LogP contribution in [0.4, 0.5) is 5.69 Å². The number of aromatic nitrogens is 2. The van der Waals surface area contributed by atoms with Gasteiger partial charge in [0.25, 0.3) is 5.69 Å². The van der Waals surface area contributed by atoms with Crippen LogP contribution in [0.3, 0.4) is 0 Å². The van der Waals surface area contributed by atoms with Crippen molar-refractivity contribution in [3.63, 3.8) is 0 Å². The fourth-order valence-electron chi connectivity index (χ4n) is 1.87. The van der Waals surface area contributed by atoms with Gasteiger partial charge in [-0.2, -0.15) is 5.10 Å². The predicted octanol–water partition coefficient (Wildman–Crippen LogP) is 2.58. The molecule has 0 bridgehead atoms. The molecule has 2 aromatic rings. The summed E-state index contributed by atoms with van der Waals surface area (Å²) in [6.45, 7) is 3.19. The lowest BCUT2D eigenvalue weighted by atomic mass is 10.2. The zero-order chi connectivity index (χ0) is 14.7. The second-order valence-electron chi connectivity index (χ2n) is 4.53. The van der Waals surface area contributed by atoms with Crippen LogP contribution in [0.25, 0.3) is 0 Å². The van der Waals surface area contributed by atoms with Crippen LogP contribution in [0.2, 0.25) is 5.02 Å². The van der Waals surface area contributed by atoms with Crippen molar-refractivity contribution in [2.45, 2.75) is 20.0 Å². The third-order valence-corrected chi connectivity index (χ3v) is 3.51. The molecule has 20 heavy (non-hydrogen) atoms. The number of nitrogens with zero attached hydrogens (tertiary/aromatic N) is 3. The van der Waals surface area contributed by atoms with Gasteiger partial charge >= 0.3 is 0 Å². The van der Waals surface area contributed by atoms with E-state index in [0.29, 0.717) is 13.1 Å². The lowest BCUT2D eigenvalue weighted by Gasteiger charge is -2.05. The highest BCUT2D eigenvalue weighted by atomic mass is 35.5. The summed E-state index contributed by atoms with van der Waals surface area (Å²) in [4.78, 5) is 10.3. The number of hydrogen-bond donors (Lipinski definition) is 1. The molecule has 6 nitrogen and oxygen atoms in total. The molecule has 1 heterocycles. The van der Waals surface area contributed by atoms with Crippen molar-refractivity contribution in [3.8, 4) is 0 Å². The third kappa shape index (κ3) is 3.15. The number of nitro groups is 1. The van der Waals surface area contributed by atoms with E-state index in [1.807, 2.05) is 24.9 Å². The number of halogens is 1. The SMILES string of the molecule is Cc1c(CNCc2ccc(Cl)c([N+](=O)[O-])c2)cnn1C. The number of rotatable bonds is 5. The minimum atomic E-state index is -0.475. The first-order valence-electron chi connectivity index (χ1n) is 6.10. The first kappa shape index (κ1) is 14.5. The normalized spacial score (nSPS) is 10.8. The zero-order valence-corrected chi connectivity index (χ0v) is 12.0. The summed E-state index contributed by atoms with van der Waals surface area (Å²) in [6, 6.07) is 4.82. The number of aryl methyl sites for hydroxylation is 1. The molecule has 1 aromatic carbocycles. The number of hydrogen-bond acceptors (Lipinski definition) is 4. The maximum absolute atomic E-state index is 10.8. The van der Waals surface area contributed by atoms with Crippen LogP contribution in [0.5, 0.6) is 0 Å². The Labute approximate surface area is 121 Å². The van der Waals surface area contributed by atoms with E-state index in [0.717, 1.165) is 16.8 Å². The molecular weight excluding hydrogens is 280 g/mol. The van der Waals surface area contributed by atoms with E-state index in [4.69, 9.17) is 11.6 Å². The zero-order valence-electron chi connectivity index (χ0n) is 11.3. The van der Waals surface area contributed by atoms with Crippen molar-refractivity contribution in [1.82, 2.24) is 15.1 Å². The molecule has 0 aliphatic heterocycles. The van der Waals surface area contributed by atoms with Crippen molar-refractivity contribution in [2.24, 2.45) is 7.05 Å². The van der Waals surface area contributed by atoms with Crippen LogP contribution in [0.1, 0.15) is 16.8 Å². The molecule has 0 atom stereocenters. The molecule has 0 amide bonds. The van der Waals surface area contributed by atoms with Gasteiger partial charge in [-0.1, -0.05) is 17.7 Å². The Kier molecular flexibility index (Phi) is 4.36. The first-order chi connectivity index (χ1) is 9.49. The molecule has 0 unspecified atom stereocenters. The lowest BCUT2D eigenvalue weighted by molar-refractivity contribution is -0.384. The molecule has 2 rings (SSSR count). The smallest absolute Gasteiger partial charge is 0.288 e. The molecule has 106 valence electrons. The number of nitro benzene ring substituents is 1. The molecule has 0 aliphatic carbocycles. The van der Waals surface area contributed by atoms with Gasteiger partial charge in [0.1, 0.15) is 5.02 Å². The van der Waals surface area contributed by atoms with E-state index in [2.05, 4.69) is 10.4 Å². The van der Waals surface area contributed by atoms with Gasteiger partial charge in [-0.25, -0.2) is 0 Å². The lowest BCUT2D eigenvalue weighted by Crippen LogP contribution is -2.13. The van der Waals surface area contributed by atoms with Crippen LogP contribution in [0, 0.1) is 17.0 Å². The van der Waals surface area contributed by atoms with Gasteiger partial charge in [0.2, 0.25) is 0 Å². The van der Waals surface area contributed by atoms with Gasteiger partial charge < -0.3 is 5.32 Å². The Morgan fingerprint density at radius 1 is 1.45 bits per heavy atom. The molecule has 0 radical (unpaired) electrons. The van der Waals surface area contributed by atoms with Crippen molar-refractivity contribution >= 4 is 17.3 Å². The highest BCUT2D eigenvalue weighted by Gasteiger charge is 2.12. The Bertz CT molecular complexity index is 639. The molecule has 0 saturated heterocycles. The quantitative estimate of drug-likeness (QED) is 0.679. The van der Waals surface area contributed by atoms with Crippen LogP contribution < -0.4 is 5.32 Å². The molecular formula is C13H15ClN4O2. The fraction of sp³-hybridized carbons (Fsp3) is 0.308. The molecule has 0 fully saturated rings. The largest absolute Gasteiger partial charge is 0.308 e.